The van der Waals surface area contributed by atoms with Gasteiger partial charge >= 0.3 is 0 Å². The average molecular weight is 254 g/mol. The molecule has 2 nitrogen and oxygen atoms in total. The summed E-state index contributed by atoms with van der Waals surface area (Å²) in [7, 11) is 2.15. The standard InChI is InChI=1S/C14H20ClNO/c1-10(17)7-11-3-4-13(14(15)8-11)12-5-6-16(2)9-12/h3-4,8,10,12,17H,5-7,9H2,1-2H3. The Hall–Kier alpha value is -0.570. The van der Waals surface area contributed by atoms with E-state index in [9.17, 15) is 5.11 Å². The van der Waals surface area contributed by atoms with E-state index in [-0.39, 0.29) is 6.10 Å². The number of rotatable bonds is 3. The van der Waals surface area contributed by atoms with Crippen LogP contribution in [0.4, 0.5) is 0 Å². The lowest BCUT2D eigenvalue weighted by Gasteiger charge is -2.14. The number of likely N-dealkylation sites (N-methyl/N-ethyl adjacent to an activating group) is 1. The van der Waals surface area contributed by atoms with E-state index in [0.29, 0.717) is 12.3 Å². The zero-order chi connectivity index (χ0) is 12.4. The van der Waals surface area contributed by atoms with Gasteiger partial charge in [-0.3, -0.25) is 0 Å². The summed E-state index contributed by atoms with van der Waals surface area (Å²) in [5.74, 6) is 0.563. The molecule has 94 valence electrons. The first-order valence-electron chi connectivity index (χ1n) is 6.21. The van der Waals surface area contributed by atoms with Crippen LogP contribution in [-0.2, 0) is 6.42 Å². The molecule has 0 spiro atoms. The number of aliphatic hydroxyl groups is 1. The van der Waals surface area contributed by atoms with Gasteiger partial charge in [0.1, 0.15) is 0 Å². The second-order valence-corrected chi connectivity index (χ2v) is 5.56. The molecule has 1 N–H and O–H groups in total. The van der Waals surface area contributed by atoms with Crippen molar-refractivity contribution in [2.24, 2.45) is 0 Å². The minimum absolute atomic E-state index is 0.311. The van der Waals surface area contributed by atoms with Crippen molar-refractivity contribution < 1.29 is 5.11 Å². The van der Waals surface area contributed by atoms with Gasteiger partial charge in [0.2, 0.25) is 0 Å². The molecule has 0 aromatic heterocycles. The summed E-state index contributed by atoms with van der Waals surface area (Å²) in [6, 6.07) is 6.22. The van der Waals surface area contributed by atoms with Crippen molar-refractivity contribution in [3.8, 4) is 0 Å². The van der Waals surface area contributed by atoms with Crippen molar-refractivity contribution in [3.63, 3.8) is 0 Å². The minimum Gasteiger partial charge on any atom is -0.393 e. The van der Waals surface area contributed by atoms with E-state index < -0.39 is 0 Å². The van der Waals surface area contributed by atoms with Crippen LogP contribution in [-0.4, -0.2) is 36.2 Å². The zero-order valence-electron chi connectivity index (χ0n) is 10.5. The molecule has 2 atom stereocenters. The molecule has 1 aromatic carbocycles. The Morgan fingerprint density at radius 2 is 2.29 bits per heavy atom. The molecule has 2 rings (SSSR count). The first-order chi connectivity index (χ1) is 8.06. The molecule has 1 aromatic rings. The molecule has 1 fully saturated rings. The SMILES string of the molecule is CC(O)Cc1ccc(C2CCN(C)C2)c(Cl)c1. The first-order valence-corrected chi connectivity index (χ1v) is 6.59. The van der Waals surface area contributed by atoms with Gasteiger partial charge in [-0.2, -0.15) is 0 Å². The van der Waals surface area contributed by atoms with E-state index in [1.54, 1.807) is 6.92 Å². The Balaban J connectivity index is 2.14. The molecule has 0 radical (unpaired) electrons. The second-order valence-electron chi connectivity index (χ2n) is 5.16. The lowest BCUT2D eigenvalue weighted by molar-refractivity contribution is 0.195. The van der Waals surface area contributed by atoms with Crippen molar-refractivity contribution in [3.05, 3.63) is 34.3 Å². The Bertz CT molecular complexity index is 392. The normalized spacial score (nSPS) is 22.9. The molecule has 17 heavy (non-hydrogen) atoms. The van der Waals surface area contributed by atoms with Gasteiger partial charge in [0.05, 0.1) is 6.10 Å². The number of likely N-dealkylation sites (tertiary alicyclic amines) is 1. The fourth-order valence-corrected chi connectivity index (χ4v) is 2.92. The maximum Gasteiger partial charge on any atom is 0.0552 e. The predicted octanol–water partition coefficient (Wildman–Crippen LogP) is 2.68. The van der Waals surface area contributed by atoms with Gasteiger partial charge in [-0.1, -0.05) is 23.7 Å². The summed E-state index contributed by atoms with van der Waals surface area (Å²) >= 11 is 6.34. The third-order valence-corrected chi connectivity index (χ3v) is 3.75. The quantitative estimate of drug-likeness (QED) is 0.895. The highest BCUT2D eigenvalue weighted by molar-refractivity contribution is 6.31. The van der Waals surface area contributed by atoms with E-state index in [1.807, 2.05) is 6.07 Å². The Kier molecular flexibility index (Phi) is 4.08. The van der Waals surface area contributed by atoms with E-state index in [0.717, 1.165) is 23.7 Å². The Morgan fingerprint density at radius 3 is 2.82 bits per heavy atom. The monoisotopic (exact) mass is 253 g/mol. The molecular formula is C14H20ClNO. The molecule has 1 aliphatic rings. The topological polar surface area (TPSA) is 23.5 Å². The van der Waals surface area contributed by atoms with Gasteiger partial charge in [-0.15, -0.1) is 0 Å². The molecule has 0 saturated carbocycles. The molecule has 1 aliphatic heterocycles. The Morgan fingerprint density at radius 1 is 1.53 bits per heavy atom. The number of nitrogens with zero attached hydrogens (tertiary/aromatic N) is 1. The molecule has 0 aliphatic carbocycles. The Labute approximate surface area is 108 Å². The van der Waals surface area contributed by atoms with Gasteiger partial charge < -0.3 is 10.0 Å². The third kappa shape index (κ3) is 3.21. The molecule has 3 heteroatoms. The van der Waals surface area contributed by atoms with Crippen LogP contribution in [0, 0.1) is 0 Å². The lowest BCUT2D eigenvalue weighted by atomic mass is 9.96. The predicted molar refractivity (Wildman–Crippen MR) is 71.7 cm³/mol. The molecule has 0 bridgehead atoms. The molecule has 0 amide bonds. The molecule has 2 unspecified atom stereocenters. The van der Waals surface area contributed by atoms with Crippen LogP contribution in [0.3, 0.4) is 0 Å². The van der Waals surface area contributed by atoms with Gasteiger partial charge in [0.25, 0.3) is 0 Å². The summed E-state index contributed by atoms with van der Waals surface area (Å²) in [5, 5.41) is 10.2. The van der Waals surface area contributed by atoms with Crippen LogP contribution in [0.2, 0.25) is 5.02 Å². The van der Waals surface area contributed by atoms with Crippen LogP contribution in [0.15, 0.2) is 18.2 Å². The van der Waals surface area contributed by atoms with Crippen LogP contribution in [0.25, 0.3) is 0 Å². The average Bonchev–Trinajstić information content (AvgIpc) is 2.64. The van der Waals surface area contributed by atoms with Crippen LogP contribution in [0.1, 0.15) is 30.4 Å². The highest BCUT2D eigenvalue weighted by Gasteiger charge is 2.22. The number of aliphatic hydroxyl groups excluding tert-OH is 1. The number of hydrogen-bond donors (Lipinski definition) is 1. The zero-order valence-corrected chi connectivity index (χ0v) is 11.2. The van der Waals surface area contributed by atoms with Gasteiger partial charge in [-0.05, 0) is 56.5 Å². The number of hydrogen-bond acceptors (Lipinski definition) is 2. The lowest BCUT2D eigenvalue weighted by Crippen LogP contribution is -2.13. The van der Waals surface area contributed by atoms with Crippen molar-refractivity contribution in [1.29, 1.82) is 0 Å². The smallest absolute Gasteiger partial charge is 0.0552 e. The summed E-state index contributed by atoms with van der Waals surface area (Å²) in [5.41, 5.74) is 2.37. The van der Waals surface area contributed by atoms with Crippen molar-refractivity contribution in [2.75, 3.05) is 20.1 Å². The molecular weight excluding hydrogens is 234 g/mol. The van der Waals surface area contributed by atoms with Crippen molar-refractivity contribution in [2.45, 2.75) is 31.8 Å². The largest absolute Gasteiger partial charge is 0.393 e. The fourth-order valence-electron chi connectivity index (χ4n) is 2.56. The molecule has 1 heterocycles. The maximum atomic E-state index is 9.36. The van der Waals surface area contributed by atoms with Crippen molar-refractivity contribution >= 4 is 11.6 Å². The molecule has 1 saturated heterocycles. The first kappa shape index (κ1) is 12.9. The highest BCUT2D eigenvalue weighted by Crippen LogP contribution is 2.32. The van der Waals surface area contributed by atoms with E-state index in [4.69, 9.17) is 11.6 Å². The van der Waals surface area contributed by atoms with Gasteiger partial charge in [0.15, 0.2) is 0 Å². The number of halogens is 1. The van der Waals surface area contributed by atoms with Gasteiger partial charge in [0, 0.05) is 11.6 Å². The fraction of sp³-hybridized carbons (Fsp3) is 0.571. The second kappa shape index (κ2) is 5.38. The number of benzene rings is 1. The summed E-state index contributed by atoms with van der Waals surface area (Å²) in [6.07, 6.45) is 1.55. The maximum absolute atomic E-state index is 9.36. The summed E-state index contributed by atoms with van der Waals surface area (Å²) in [4.78, 5) is 2.34. The van der Waals surface area contributed by atoms with E-state index in [1.165, 1.54) is 12.0 Å². The van der Waals surface area contributed by atoms with Crippen LogP contribution < -0.4 is 0 Å². The van der Waals surface area contributed by atoms with Gasteiger partial charge in [-0.25, -0.2) is 0 Å². The van der Waals surface area contributed by atoms with E-state index in [2.05, 4.69) is 24.1 Å². The van der Waals surface area contributed by atoms with Crippen molar-refractivity contribution in [1.82, 2.24) is 4.90 Å². The summed E-state index contributed by atoms with van der Waals surface area (Å²) < 4.78 is 0. The minimum atomic E-state index is -0.311. The van der Waals surface area contributed by atoms with Crippen LogP contribution >= 0.6 is 11.6 Å². The van der Waals surface area contributed by atoms with Crippen LogP contribution in [0.5, 0.6) is 0 Å². The highest BCUT2D eigenvalue weighted by atomic mass is 35.5. The third-order valence-electron chi connectivity index (χ3n) is 3.43. The van der Waals surface area contributed by atoms with E-state index >= 15 is 0 Å². The summed E-state index contributed by atoms with van der Waals surface area (Å²) in [6.45, 7) is 4.04.